The molecule has 0 aromatic heterocycles. The molecule has 0 unspecified atom stereocenters. The fraction of sp³-hybridized carbons (Fsp3) is 0.543. The lowest BCUT2D eigenvalue weighted by atomic mass is 9.78. The monoisotopic (exact) mass is 486 g/mol. The van der Waals surface area contributed by atoms with E-state index in [2.05, 4.69) is 61.2 Å². The van der Waals surface area contributed by atoms with Gasteiger partial charge < -0.3 is 4.74 Å². The zero-order chi connectivity index (χ0) is 25.3. The maximum Gasteiger partial charge on any atom is 0.0721 e. The van der Waals surface area contributed by atoms with Gasteiger partial charge >= 0.3 is 0 Å². The number of ether oxygens (including phenoxy) is 1. The highest BCUT2D eigenvalue weighted by atomic mass is 16.5. The average molecular weight is 487 g/mol. The maximum absolute atomic E-state index is 5.63. The molecule has 3 rings (SSSR count). The van der Waals surface area contributed by atoms with Crippen molar-refractivity contribution < 1.29 is 4.74 Å². The summed E-state index contributed by atoms with van der Waals surface area (Å²) in [5, 5.41) is 0. The Morgan fingerprint density at radius 1 is 0.694 bits per heavy atom. The Hall–Kier alpha value is -2.12. The summed E-state index contributed by atoms with van der Waals surface area (Å²) in [6.45, 7) is 7.28. The van der Waals surface area contributed by atoms with E-state index in [1.807, 2.05) is 19.1 Å². The molecule has 0 heterocycles. The van der Waals surface area contributed by atoms with Gasteiger partial charge in [-0.1, -0.05) is 105 Å². The van der Waals surface area contributed by atoms with E-state index in [4.69, 9.17) is 4.74 Å². The van der Waals surface area contributed by atoms with Crippen molar-refractivity contribution in [2.24, 2.45) is 11.8 Å². The lowest BCUT2D eigenvalue weighted by Crippen LogP contribution is -2.14. The van der Waals surface area contributed by atoms with Crippen molar-refractivity contribution in [3.63, 3.8) is 0 Å². The first kappa shape index (κ1) is 28.5. The number of benzene rings is 2. The lowest BCUT2D eigenvalue weighted by Gasteiger charge is -2.28. The summed E-state index contributed by atoms with van der Waals surface area (Å²) in [7, 11) is 0. The minimum Gasteiger partial charge on any atom is -0.373 e. The number of unbranched alkanes of at least 4 members (excludes halogenated alkanes) is 2. The van der Waals surface area contributed by atoms with Gasteiger partial charge in [-0.25, -0.2) is 0 Å². The fourth-order valence-electron chi connectivity index (χ4n) is 5.60. The zero-order valence-electron chi connectivity index (χ0n) is 22.9. The van der Waals surface area contributed by atoms with E-state index in [9.17, 15) is 0 Å². The van der Waals surface area contributed by atoms with Gasteiger partial charge in [-0.2, -0.15) is 0 Å². The van der Waals surface area contributed by atoms with Crippen LogP contribution in [-0.2, 0) is 30.6 Å². The highest BCUT2D eigenvalue weighted by Crippen LogP contribution is 2.34. The Labute approximate surface area is 222 Å². The normalized spacial score (nSPS) is 18.0. The van der Waals surface area contributed by atoms with Crippen molar-refractivity contribution in [1.29, 1.82) is 0 Å². The number of hydrogen-bond donors (Lipinski definition) is 0. The number of aryl methyl sites for hydroxylation is 3. The van der Waals surface area contributed by atoms with Gasteiger partial charge in [0.15, 0.2) is 0 Å². The van der Waals surface area contributed by atoms with Gasteiger partial charge in [0.05, 0.1) is 13.2 Å². The smallest absolute Gasteiger partial charge is 0.0721 e. The largest absolute Gasteiger partial charge is 0.373 e. The van der Waals surface area contributed by atoms with Gasteiger partial charge in [0, 0.05) is 0 Å². The van der Waals surface area contributed by atoms with Gasteiger partial charge in [-0.15, -0.1) is 6.58 Å². The Kier molecular flexibility index (Phi) is 13.7. The summed E-state index contributed by atoms with van der Waals surface area (Å²) in [5.74, 6) is 1.97. The van der Waals surface area contributed by atoms with Crippen LogP contribution in [0.25, 0.3) is 0 Å². The van der Waals surface area contributed by atoms with Crippen LogP contribution in [0.4, 0.5) is 0 Å². The van der Waals surface area contributed by atoms with E-state index in [-0.39, 0.29) is 0 Å². The molecule has 36 heavy (non-hydrogen) atoms. The third kappa shape index (κ3) is 11.3. The second-order valence-corrected chi connectivity index (χ2v) is 10.9. The topological polar surface area (TPSA) is 9.23 Å². The summed E-state index contributed by atoms with van der Waals surface area (Å²) in [6, 6.07) is 18.4. The van der Waals surface area contributed by atoms with E-state index in [0.29, 0.717) is 13.2 Å². The third-order valence-electron chi connectivity index (χ3n) is 8.02. The van der Waals surface area contributed by atoms with Crippen LogP contribution in [0.1, 0.15) is 99.8 Å². The van der Waals surface area contributed by atoms with E-state index in [1.165, 1.54) is 106 Å². The highest BCUT2D eigenvalue weighted by molar-refractivity contribution is 5.23. The van der Waals surface area contributed by atoms with Crippen LogP contribution in [-0.4, -0.2) is 6.61 Å². The molecule has 1 aliphatic carbocycles. The second-order valence-electron chi connectivity index (χ2n) is 10.9. The summed E-state index contributed by atoms with van der Waals surface area (Å²) in [4.78, 5) is 0. The van der Waals surface area contributed by atoms with Crippen molar-refractivity contribution in [2.45, 2.75) is 103 Å². The molecule has 0 aliphatic heterocycles. The molecular weight excluding hydrogens is 436 g/mol. The third-order valence-corrected chi connectivity index (χ3v) is 8.02. The molecule has 2 aromatic carbocycles. The Morgan fingerprint density at radius 2 is 1.17 bits per heavy atom. The Balaban J connectivity index is 1.23. The van der Waals surface area contributed by atoms with Crippen LogP contribution in [0.15, 0.2) is 73.3 Å². The average Bonchev–Trinajstić information content (AvgIpc) is 2.92. The molecule has 0 N–H and O–H groups in total. The molecule has 0 amide bonds. The van der Waals surface area contributed by atoms with Gasteiger partial charge in [-0.05, 0) is 92.4 Å². The molecule has 0 spiro atoms. The molecule has 196 valence electrons. The highest BCUT2D eigenvalue weighted by Gasteiger charge is 2.20. The minimum absolute atomic E-state index is 0.692. The van der Waals surface area contributed by atoms with E-state index < -0.39 is 0 Å². The molecule has 1 nitrogen and oxygen atoms in total. The maximum atomic E-state index is 5.63. The molecule has 0 saturated heterocycles. The molecule has 0 radical (unpaired) electrons. The summed E-state index contributed by atoms with van der Waals surface area (Å²) < 4.78 is 5.63. The quantitative estimate of drug-likeness (QED) is 0.160. The molecule has 2 aromatic rings. The SMILES string of the molecule is C=CCCC1CCC(CCCCc2ccc(CCCCc3ccc(COC/C=C/C)cc3)cc2)CC1. The Morgan fingerprint density at radius 3 is 1.67 bits per heavy atom. The molecule has 0 atom stereocenters. The van der Waals surface area contributed by atoms with Gasteiger partial charge in [0.1, 0.15) is 0 Å². The van der Waals surface area contributed by atoms with E-state index in [1.54, 1.807) is 0 Å². The van der Waals surface area contributed by atoms with Crippen molar-refractivity contribution in [3.8, 4) is 0 Å². The van der Waals surface area contributed by atoms with Crippen molar-refractivity contribution in [1.82, 2.24) is 0 Å². The molecule has 0 bridgehead atoms. The van der Waals surface area contributed by atoms with Gasteiger partial charge in [-0.3, -0.25) is 0 Å². The van der Waals surface area contributed by atoms with Crippen LogP contribution in [0.5, 0.6) is 0 Å². The van der Waals surface area contributed by atoms with Crippen LogP contribution in [0.2, 0.25) is 0 Å². The number of hydrogen-bond acceptors (Lipinski definition) is 1. The number of rotatable bonds is 17. The Bertz CT molecular complexity index is 853. The first-order valence-corrected chi connectivity index (χ1v) is 14.7. The zero-order valence-corrected chi connectivity index (χ0v) is 22.9. The fourth-order valence-corrected chi connectivity index (χ4v) is 5.60. The van der Waals surface area contributed by atoms with Crippen LogP contribution < -0.4 is 0 Å². The van der Waals surface area contributed by atoms with Gasteiger partial charge in [0.2, 0.25) is 0 Å². The molecule has 1 aliphatic rings. The van der Waals surface area contributed by atoms with Crippen LogP contribution >= 0.6 is 0 Å². The standard InChI is InChI=1S/C35H50O/c1-3-5-11-30-16-18-31(19-17-30)12-7-8-13-32-20-22-33(23-21-32)14-9-10-15-34-24-26-35(27-25-34)29-36-28-6-4-2/h3-4,6,20-27,30-31H,1,5,7-19,28-29H2,2H3/b6-4+. The minimum atomic E-state index is 0.692. The van der Waals surface area contributed by atoms with Gasteiger partial charge in [0.25, 0.3) is 0 Å². The molecule has 1 fully saturated rings. The number of allylic oxidation sites excluding steroid dienone is 2. The first-order valence-electron chi connectivity index (χ1n) is 14.7. The first-order chi connectivity index (χ1) is 17.8. The van der Waals surface area contributed by atoms with Crippen molar-refractivity contribution in [2.75, 3.05) is 6.61 Å². The predicted molar refractivity (Wildman–Crippen MR) is 156 cm³/mol. The van der Waals surface area contributed by atoms with E-state index in [0.717, 1.165) is 18.3 Å². The van der Waals surface area contributed by atoms with E-state index >= 15 is 0 Å². The van der Waals surface area contributed by atoms with Crippen LogP contribution in [0.3, 0.4) is 0 Å². The predicted octanol–water partition coefficient (Wildman–Crippen LogP) is 9.83. The summed E-state index contributed by atoms with van der Waals surface area (Å²) in [6.07, 6.45) is 24.8. The molecular formula is C35H50O. The lowest BCUT2D eigenvalue weighted by molar-refractivity contribution is 0.148. The van der Waals surface area contributed by atoms with Crippen molar-refractivity contribution >= 4 is 0 Å². The molecule has 1 saturated carbocycles. The second kappa shape index (κ2) is 17.4. The van der Waals surface area contributed by atoms with Crippen LogP contribution in [0, 0.1) is 11.8 Å². The summed E-state index contributed by atoms with van der Waals surface area (Å²) in [5.41, 5.74) is 5.69. The summed E-state index contributed by atoms with van der Waals surface area (Å²) >= 11 is 0. The van der Waals surface area contributed by atoms with Crippen molar-refractivity contribution in [3.05, 3.63) is 95.6 Å². The molecule has 1 heteroatoms.